The number of carbonyl (C=O) groups is 1. The first kappa shape index (κ1) is 23.1. The molecule has 2 aromatic rings. The Morgan fingerprint density at radius 3 is 2.76 bits per heavy atom. The summed E-state index contributed by atoms with van der Waals surface area (Å²) in [5.74, 6) is 1.67. The van der Waals surface area contributed by atoms with Gasteiger partial charge in [-0.05, 0) is 24.5 Å². The van der Waals surface area contributed by atoms with Gasteiger partial charge in [0.2, 0.25) is 5.91 Å². The lowest BCUT2D eigenvalue weighted by atomic mass is 10.00. The molecule has 8 nitrogen and oxygen atoms in total. The van der Waals surface area contributed by atoms with Crippen molar-refractivity contribution in [3.05, 3.63) is 47.5 Å². The predicted octanol–water partition coefficient (Wildman–Crippen LogP) is 1.60. The van der Waals surface area contributed by atoms with Gasteiger partial charge in [0.1, 0.15) is 18.7 Å². The number of carbonyl (C=O) groups excluding carboxylic acids is 1. The second-order valence-corrected chi connectivity index (χ2v) is 6.75. The smallest absolute Gasteiger partial charge is 0.244 e. The Hall–Kier alpha value is -2.17. The van der Waals surface area contributed by atoms with Crippen molar-refractivity contribution in [2.45, 2.75) is 39.8 Å². The van der Waals surface area contributed by atoms with E-state index in [1.165, 1.54) is 11.1 Å². The summed E-state index contributed by atoms with van der Waals surface area (Å²) >= 11 is 0. The first-order valence-electron chi connectivity index (χ1n) is 9.94. The van der Waals surface area contributed by atoms with Crippen LogP contribution in [0.4, 0.5) is 0 Å². The number of benzene rings is 1. The van der Waals surface area contributed by atoms with Crippen molar-refractivity contribution < 1.29 is 4.79 Å². The van der Waals surface area contributed by atoms with E-state index in [-0.39, 0.29) is 36.4 Å². The highest BCUT2D eigenvalue weighted by Crippen LogP contribution is 2.18. The van der Waals surface area contributed by atoms with Crippen LogP contribution in [0.3, 0.4) is 0 Å². The fourth-order valence-corrected chi connectivity index (χ4v) is 3.33. The minimum Gasteiger partial charge on any atom is -0.357 e. The van der Waals surface area contributed by atoms with Gasteiger partial charge in [0.05, 0.1) is 0 Å². The van der Waals surface area contributed by atoms with Crippen molar-refractivity contribution in [3.63, 3.8) is 0 Å². The molecule has 0 saturated heterocycles. The molecule has 2 N–H and O–H groups in total. The maximum absolute atomic E-state index is 12.6. The summed E-state index contributed by atoms with van der Waals surface area (Å²) in [6, 6.07) is 8.32. The largest absolute Gasteiger partial charge is 0.357 e. The van der Waals surface area contributed by atoms with Crippen molar-refractivity contribution in [1.29, 1.82) is 0 Å². The molecule has 0 aliphatic carbocycles. The Morgan fingerprint density at radius 2 is 2.00 bits per heavy atom. The maximum atomic E-state index is 12.6. The molecule has 0 radical (unpaired) electrons. The van der Waals surface area contributed by atoms with Crippen LogP contribution >= 0.6 is 24.0 Å². The number of rotatable bonds is 7. The van der Waals surface area contributed by atoms with E-state index < -0.39 is 0 Å². The third-order valence-corrected chi connectivity index (χ3v) is 4.86. The molecule has 0 spiro atoms. The molecule has 1 aliphatic heterocycles. The lowest BCUT2D eigenvalue weighted by Gasteiger charge is -2.28. The first-order chi connectivity index (χ1) is 13.7. The fraction of sp³-hybridized carbons (Fsp3) is 0.500. The van der Waals surface area contributed by atoms with Gasteiger partial charge in [-0.25, -0.2) is 4.99 Å². The lowest BCUT2D eigenvalue weighted by Crippen LogP contribution is -2.41. The highest BCUT2D eigenvalue weighted by atomic mass is 127. The molecule has 3 rings (SSSR count). The molecule has 0 saturated carbocycles. The zero-order chi connectivity index (χ0) is 19.8. The Kier molecular flexibility index (Phi) is 9.36. The molecular formula is C20H30IN7O. The van der Waals surface area contributed by atoms with Crippen LogP contribution in [-0.2, 0) is 30.7 Å². The number of nitrogens with one attached hydrogen (secondary N) is 2. The predicted molar refractivity (Wildman–Crippen MR) is 124 cm³/mol. The minimum atomic E-state index is 0. The number of guanidine groups is 1. The molecule has 0 fully saturated rings. The average Bonchev–Trinajstić information content (AvgIpc) is 3.19. The molecule has 0 atom stereocenters. The second-order valence-electron chi connectivity index (χ2n) is 6.75. The molecule has 2 heterocycles. The van der Waals surface area contributed by atoms with Gasteiger partial charge in [-0.2, -0.15) is 0 Å². The summed E-state index contributed by atoms with van der Waals surface area (Å²) in [7, 11) is 0. The van der Waals surface area contributed by atoms with E-state index in [0.29, 0.717) is 19.0 Å². The number of halogens is 1. The zero-order valence-corrected chi connectivity index (χ0v) is 19.4. The number of amides is 1. The van der Waals surface area contributed by atoms with Crippen molar-refractivity contribution >= 4 is 35.8 Å². The van der Waals surface area contributed by atoms with Crippen LogP contribution in [0.2, 0.25) is 0 Å². The molecule has 0 bridgehead atoms. The molecule has 1 aliphatic rings. The van der Waals surface area contributed by atoms with Crippen molar-refractivity contribution in [3.8, 4) is 0 Å². The van der Waals surface area contributed by atoms with E-state index in [0.717, 1.165) is 38.3 Å². The molecule has 0 unspecified atom stereocenters. The summed E-state index contributed by atoms with van der Waals surface area (Å²) in [5, 5.41) is 14.5. The molecule has 1 amide bonds. The highest BCUT2D eigenvalue weighted by Gasteiger charge is 2.19. The van der Waals surface area contributed by atoms with Gasteiger partial charge in [-0.15, -0.1) is 34.2 Å². The molecule has 1 aromatic heterocycles. The first-order valence-corrected chi connectivity index (χ1v) is 9.94. The Balaban J connectivity index is 0.00000300. The van der Waals surface area contributed by atoms with E-state index in [1.54, 1.807) is 6.33 Å². The monoisotopic (exact) mass is 511 g/mol. The van der Waals surface area contributed by atoms with Crippen molar-refractivity contribution in [2.75, 3.05) is 26.2 Å². The lowest BCUT2D eigenvalue weighted by molar-refractivity contribution is -0.130. The van der Waals surface area contributed by atoms with Crippen LogP contribution in [0.5, 0.6) is 0 Å². The van der Waals surface area contributed by atoms with Gasteiger partial charge in [-0.3, -0.25) is 4.79 Å². The van der Waals surface area contributed by atoms with E-state index in [1.807, 2.05) is 22.5 Å². The van der Waals surface area contributed by atoms with E-state index in [9.17, 15) is 4.79 Å². The molecule has 29 heavy (non-hydrogen) atoms. The van der Waals surface area contributed by atoms with Crippen molar-refractivity contribution in [1.82, 2.24) is 30.3 Å². The van der Waals surface area contributed by atoms with Gasteiger partial charge in [0, 0.05) is 39.1 Å². The van der Waals surface area contributed by atoms with Gasteiger partial charge in [0.15, 0.2) is 5.96 Å². The van der Waals surface area contributed by atoms with Gasteiger partial charge in [-0.1, -0.05) is 31.2 Å². The van der Waals surface area contributed by atoms with Gasteiger partial charge < -0.3 is 20.1 Å². The fourth-order valence-electron chi connectivity index (χ4n) is 3.33. The summed E-state index contributed by atoms with van der Waals surface area (Å²) in [5.41, 5.74) is 2.57. The van der Waals surface area contributed by atoms with Crippen LogP contribution in [0.15, 0.2) is 35.6 Å². The maximum Gasteiger partial charge on any atom is 0.244 e. The highest BCUT2D eigenvalue weighted by molar-refractivity contribution is 14.0. The Labute approximate surface area is 189 Å². The minimum absolute atomic E-state index is 0. The average molecular weight is 511 g/mol. The number of hydrogen-bond donors (Lipinski definition) is 2. The topological polar surface area (TPSA) is 87.4 Å². The van der Waals surface area contributed by atoms with E-state index in [4.69, 9.17) is 0 Å². The van der Waals surface area contributed by atoms with E-state index in [2.05, 4.69) is 50.9 Å². The van der Waals surface area contributed by atoms with Gasteiger partial charge in [0.25, 0.3) is 0 Å². The zero-order valence-electron chi connectivity index (χ0n) is 17.1. The van der Waals surface area contributed by atoms with Gasteiger partial charge >= 0.3 is 0 Å². The summed E-state index contributed by atoms with van der Waals surface area (Å²) in [6.07, 6.45) is 3.49. The normalized spacial score (nSPS) is 13.4. The number of nitrogens with zero attached hydrogens (tertiary/aromatic N) is 5. The van der Waals surface area contributed by atoms with Crippen LogP contribution in [-0.4, -0.2) is 57.7 Å². The number of aliphatic imine (C=N–C) groups is 1. The molecule has 158 valence electrons. The van der Waals surface area contributed by atoms with Crippen LogP contribution in [0.1, 0.15) is 30.8 Å². The number of hydrogen-bond acceptors (Lipinski definition) is 4. The second kappa shape index (κ2) is 11.7. The SMILES string of the molecule is CCNC(=NCC(=O)N1CCc2ccccc2C1)NCCn1cnnc1CC.I. The summed E-state index contributed by atoms with van der Waals surface area (Å²) in [6.45, 7) is 7.80. The Bertz CT molecular complexity index is 821. The number of aromatic nitrogens is 3. The van der Waals surface area contributed by atoms with E-state index >= 15 is 0 Å². The summed E-state index contributed by atoms with van der Waals surface area (Å²) in [4.78, 5) is 19.0. The quantitative estimate of drug-likeness (QED) is 0.335. The molecular weight excluding hydrogens is 481 g/mol. The molecule has 9 heteroatoms. The van der Waals surface area contributed by atoms with Crippen LogP contribution in [0.25, 0.3) is 0 Å². The summed E-state index contributed by atoms with van der Waals surface area (Å²) < 4.78 is 2.02. The Morgan fingerprint density at radius 1 is 1.21 bits per heavy atom. The van der Waals surface area contributed by atoms with Crippen LogP contribution in [0, 0.1) is 0 Å². The third kappa shape index (κ3) is 6.41. The standard InChI is InChI=1S/C20H29N7O.HI/c1-3-18-25-24-15-27(18)12-10-22-20(21-4-2)23-13-19(28)26-11-9-16-7-5-6-8-17(16)14-26;/h5-8,15H,3-4,9-14H2,1-2H3,(H2,21,22,23);1H. The number of fused-ring (bicyclic) bond motifs is 1. The van der Waals surface area contributed by atoms with Crippen LogP contribution < -0.4 is 10.6 Å². The third-order valence-electron chi connectivity index (χ3n) is 4.86. The van der Waals surface area contributed by atoms with Crippen molar-refractivity contribution in [2.24, 2.45) is 4.99 Å². The molecule has 1 aromatic carbocycles. The number of aryl methyl sites for hydroxylation is 1.